The zero-order valence-corrected chi connectivity index (χ0v) is 22.0. The quantitative estimate of drug-likeness (QED) is 0.229. The van der Waals surface area contributed by atoms with Crippen LogP contribution in [0.1, 0.15) is 11.1 Å². The summed E-state index contributed by atoms with van der Waals surface area (Å²) >= 11 is 0. The summed E-state index contributed by atoms with van der Waals surface area (Å²) in [5, 5.41) is 7.42. The van der Waals surface area contributed by atoms with Crippen molar-refractivity contribution in [2.24, 2.45) is 0 Å². The zero-order chi connectivity index (χ0) is 26.5. The molecule has 0 N–H and O–H groups in total. The molecule has 0 amide bonds. The number of fused-ring (bicyclic) bond motifs is 5. The lowest BCUT2D eigenvalue weighted by atomic mass is 9.96. The molecular weight excluding hydrogens is 484 g/mol. The summed E-state index contributed by atoms with van der Waals surface area (Å²) in [6, 6.07) is 52.4. The first kappa shape index (κ1) is 22.8. The van der Waals surface area contributed by atoms with Gasteiger partial charge in [-0.15, -0.1) is 0 Å². The van der Waals surface area contributed by atoms with E-state index < -0.39 is 0 Å². The number of hydrogen-bond acceptors (Lipinski definition) is 1. The lowest BCUT2D eigenvalue weighted by molar-refractivity contribution is 0.669. The summed E-state index contributed by atoms with van der Waals surface area (Å²) < 4.78 is 6.41. The Kier molecular flexibility index (Phi) is 5.28. The van der Waals surface area contributed by atoms with Crippen molar-refractivity contribution in [1.82, 2.24) is 0 Å². The number of furan rings is 1. The molecular formula is C39H26O. The first-order valence-corrected chi connectivity index (χ1v) is 13.8. The van der Waals surface area contributed by atoms with Crippen molar-refractivity contribution in [2.75, 3.05) is 0 Å². The highest BCUT2D eigenvalue weighted by molar-refractivity contribution is 6.07. The average molecular weight is 511 g/mol. The molecule has 0 atom stereocenters. The fourth-order valence-corrected chi connectivity index (χ4v) is 5.99. The predicted octanol–water partition coefficient (Wildman–Crippen LogP) is 10.8. The molecule has 0 fully saturated rings. The Hall–Kier alpha value is -5.14. The second-order valence-electron chi connectivity index (χ2n) is 10.6. The Balaban J connectivity index is 1.10. The van der Waals surface area contributed by atoms with Gasteiger partial charge in [0, 0.05) is 10.8 Å². The van der Waals surface area contributed by atoms with Gasteiger partial charge in [0.2, 0.25) is 0 Å². The summed E-state index contributed by atoms with van der Waals surface area (Å²) in [6.07, 6.45) is 0.920. The second kappa shape index (κ2) is 9.25. The standard InChI is InChI=1S/C39H26O/c1-2-8-30-23-31(17-16-27(30)6-1)33-19-21-37-36-20-18-32(24-38(36)40-39(37)25-33)28-14-12-26(13-15-28)22-34-10-5-9-29-7-3-4-11-35(29)34/h1-21,23-25H,22H2. The van der Waals surface area contributed by atoms with Crippen LogP contribution in [0, 0.1) is 0 Å². The van der Waals surface area contributed by atoms with Crippen molar-refractivity contribution < 1.29 is 4.42 Å². The van der Waals surface area contributed by atoms with E-state index in [1.54, 1.807) is 0 Å². The minimum Gasteiger partial charge on any atom is -0.456 e. The molecule has 0 unspecified atom stereocenters. The molecule has 0 saturated carbocycles. The van der Waals surface area contributed by atoms with Crippen LogP contribution in [0.4, 0.5) is 0 Å². The van der Waals surface area contributed by atoms with Crippen molar-refractivity contribution >= 4 is 43.5 Å². The fourth-order valence-electron chi connectivity index (χ4n) is 5.99. The largest absolute Gasteiger partial charge is 0.456 e. The Morgan fingerprint density at radius 2 is 0.950 bits per heavy atom. The normalized spacial score (nSPS) is 11.6. The minimum absolute atomic E-state index is 0.919. The summed E-state index contributed by atoms with van der Waals surface area (Å²) in [5.74, 6) is 0. The third kappa shape index (κ3) is 3.95. The predicted molar refractivity (Wildman–Crippen MR) is 169 cm³/mol. The lowest BCUT2D eigenvalue weighted by Gasteiger charge is -2.08. The molecule has 1 heterocycles. The molecule has 0 saturated heterocycles. The fraction of sp³-hybridized carbons (Fsp3) is 0.0256. The highest BCUT2D eigenvalue weighted by Crippen LogP contribution is 2.35. The molecule has 1 heteroatoms. The summed E-state index contributed by atoms with van der Waals surface area (Å²) in [4.78, 5) is 0. The van der Waals surface area contributed by atoms with Crippen LogP contribution in [-0.4, -0.2) is 0 Å². The molecule has 0 aliphatic rings. The highest BCUT2D eigenvalue weighted by atomic mass is 16.3. The first-order chi connectivity index (χ1) is 19.8. The Labute approximate surface area is 232 Å². The minimum atomic E-state index is 0.919. The van der Waals surface area contributed by atoms with E-state index in [-0.39, 0.29) is 0 Å². The van der Waals surface area contributed by atoms with E-state index in [2.05, 4.69) is 146 Å². The monoisotopic (exact) mass is 510 g/mol. The Bertz CT molecular complexity index is 2180. The van der Waals surface area contributed by atoms with Crippen molar-refractivity contribution in [3.05, 3.63) is 157 Å². The number of hydrogen-bond donors (Lipinski definition) is 0. The zero-order valence-electron chi connectivity index (χ0n) is 22.0. The van der Waals surface area contributed by atoms with Crippen LogP contribution >= 0.6 is 0 Å². The Morgan fingerprint density at radius 1 is 0.375 bits per heavy atom. The van der Waals surface area contributed by atoms with Crippen molar-refractivity contribution in [2.45, 2.75) is 6.42 Å². The van der Waals surface area contributed by atoms with Gasteiger partial charge < -0.3 is 4.42 Å². The van der Waals surface area contributed by atoms with Gasteiger partial charge >= 0.3 is 0 Å². The van der Waals surface area contributed by atoms with Crippen LogP contribution in [0.3, 0.4) is 0 Å². The van der Waals surface area contributed by atoms with Crippen LogP contribution in [-0.2, 0) is 6.42 Å². The van der Waals surface area contributed by atoms with E-state index in [1.165, 1.54) is 49.4 Å². The van der Waals surface area contributed by atoms with E-state index >= 15 is 0 Å². The molecule has 0 aliphatic carbocycles. The molecule has 0 aliphatic heterocycles. The van der Waals surface area contributed by atoms with Crippen LogP contribution in [0.15, 0.2) is 150 Å². The van der Waals surface area contributed by atoms with Crippen LogP contribution < -0.4 is 0 Å². The van der Waals surface area contributed by atoms with E-state index in [0.29, 0.717) is 0 Å². The second-order valence-corrected chi connectivity index (χ2v) is 10.6. The summed E-state index contributed by atoms with van der Waals surface area (Å²) in [5.41, 5.74) is 9.23. The van der Waals surface area contributed by atoms with Gasteiger partial charge in [0.15, 0.2) is 0 Å². The molecule has 0 spiro atoms. The SMILES string of the molecule is c1ccc2cc(-c3ccc4c(c3)oc3cc(-c5ccc(Cc6cccc7ccccc67)cc5)ccc34)ccc2c1. The van der Waals surface area contributed by atoms with E-state index in [9.17, 15) is 0 Å². The molecule has 8 rings (SSSR count). The maximum atomic E-state index is 6.41. The van der Waals surface area contributed by atoms with E-state index in [4.69, 9.17) is 4.42 Å². The summed E-state index contributed by atoms with van der Waals surface area (Å²) in [7, 11) is 0. The molecule has 1 aromatic heterocycles. The van der Waals surface area contributed by atoms with E-state index in [0.717, 1.165) is 33.9 Å². The molecule has 0 radical (unpaired) electrons. The number of benzene rings is 7. The van der Waals surface area contributed by atoms with Gasteiger partial charge in [0.1, 0.15) is 11.2 Å². The number of rotatable bonds is 4. The molecule has 1 nitrogen and oxygen atoms in total. The van der Waals surface area contributed by atoms with Gasteiger partial charge in [0.05, 0.1) is 0 Å². The summed E-state index contributed by atoms with van der Waals surface area (Å²) in [6.45, 7) is 0. The van der Waals surface area contributed by atoms with Gasteiger partial charge in [0.25, 0.3) is 0 Å². The third-order valence-electron chi connectivity index (χ3n) is 8.12. The molecule has 0 bridgehead atoms. The van der Waals surface area contributed by atoms with Crippen molar-refractivity contribution in [3.8, 4) is 22.3 Å². The van der Waals surface area contributed by atoms with Gasteiger partial charge in [-0.2, -0.15) is 0 Å². The Morgan fingerprint density at radius 3 is 1.73 bits per heavy atom. The average Bonchev–Trinajstić information content (AvgIpc) is 3.38. The van der Waals surface area contributed by atoms with Gasteiger partial charge in [-0.1, -0.05) is 115 Å². The highest BCUT2D eigenvalue weighted by Gasteiger charge is 2.11. The molecule has 188 valence electrons. The topological polar surface area (TPSA) is 13.1 Å². The van der Waals surface area contributed by atoms with Crippen LogP contribution in [0.2, 0.25) is 0 Å². The molecule has 8 aromatic rings. The third-order valence-corrected chi connectivity index (χ3v) is 8.12. The lowest BCUT2D eigenvalue weighted by Crippen LogP contribution is -1.90. The van der Waals surface area contributed by atoms with Crippen LogP contribution in [0.5, 0.6) is 0 Å². The van der Waals surface area contributed by atoms with Gasteiger partial charge in [-0.05, 0) is 91.7 Å². The maximum Gasteiger partial charge on any atom is 0.136 e. The van der Waals surface area contributed by atoms with Crippen molar-refractivity contribution in [1.29, 1.82) is 0 Å². The van der Waals surface area contributed by atoms with Crippen molar-refractivity contribution in [3.63, 3.8) is 0 Å². The maximum absolute atomic E-state index is 6.41. The van der Waals surface area contributed by atoms with E-state index in [1.807, 2.05) is 0 Å². The van der Waals surface area contributed by atoms with Gasteiger partial charge in [-0.25, -0.2) is 0 Å². The van der Waals surface area contributed by atoms with Crippen LogP contribution in [0.25, 0.3) is 65.7 Å². The molecule has 40 heavy (non-hydrogen) atoms. The van der Waals surface area contributed by atoms with Gasteiger partial charge in [-0.3, -0.25) is 0 Å². The first-order valence-electron chi connectivity index (χ1n) is 13.8. The smallest absolute Gasteiger partial charge is 0.136 e. The molecule has 7 aromatic carbocycles.